The Kier molecular flexibility index (Phi) is 5.79. The average molecular weight is 435 g/mol. The van der Waals surface area contributed by atoms with Gasteiger partial charge in [0, 0.05) is 11.1 Å². The minimum absolute atomic E-state index is 0.0127. The van der Waals surface area contributed by atoms with Gasteiger partial charge in [-0.15, -0.1) is 0 Å². The van der Waals surface area contributed by atoms with Gasteiger partial charge in [-0.3, -0.25) is 0 Å². The summed E-state index contributed by atoms with van der Waals surface area (Å²) in [5, 5.41) is 10.2. The lowest BCUT2D eigenvalue weighted by Gasteiger charge is -2.10. The second-order valence-corrected chi connectivity index (χ2v) is 7.51. The number of hydrogen-bond acceptors (Lipinski definition) is 2. The van der Waals surface area contributed by atoms with Gasteiger partial charge in [0.2, 0.25) is 0 Å². The minimum Gasteiger partial charge on any atom is -0.206 e. The maximum atomic E-state index is 14.8. The number of benzene rings is 4. The molecule has 0 aromatic heterocycles. The first-order valence-corrected chi connectivity index (χ1v) is 10.00. The topological polar surface area (TPSA) is 23.8 Å². The standard InChI is InChI=1S/C25H13F4NS/c26-21-10-16(15-4-2-1-3-5-15)6-8-19(21)17-7-9-20(22(27)11-17)18-12-23(28)25(31-14-30)24(29)13-18/h1-13H. The molecule has 0 atom stereocenters. The summed E-state index contributed by atoms with van der Waals surface area (Å²) in [7, 11) is 0. The molecule has 1 nitrogen and oxygen atoms in total. The van der Waals surface area contributed by atoms with Crippen LogP contribution >= 0.6 is 11.8 Å². The summed E-state index contributed by atoms with van der Waals surface area (Å²) in [5.74, 6) is -3.16. The van der Waals surface area contributed by atoms with Crippen LogP contribution in [0.2, 0.25) is 0 Å². The van der Waals surface area contributed by atoms with Crippen LogP contribution in [0.3, 0.4) is 0 Å². The molecule has 31 heavy (non-hydrogen) atoms. The molecule has 0 saturated carbocycles. The molecule has 6 heteroatoms. The predicted octanol–water partition coefficient (Wildman–Crippen LogP) is 7.82. The van der Waals surface area contributed by atoms with E-state index >= 15 is 0 Å². The van der Waals surface area contributed by atoms with Crippen molar-refractivity contribution in [1.82, 2.24) is 0 Å². The number of nitrogens with zero attached hydrogens (tertiary/aromatic N) is 1. The van der Waals surface area contributed by atoms with Crippen LogP contribution in [-0.2, 0) is 0 Å². The molecule has 0 fully saturated rings. The Morgan fingerprint density at radius 2 is 1.06 bits per heavy atom. The molecule has 0 N–H and O–H groups in total. The highest BCUT2D eigenvalue weighted by Crippen LogP contribution is 2.34. The summed E-state index contributed by atoms with van der Waals surface area (Å²) in [6.07, 6.45) is 0. The number of nitriles is 1. The largest absolute Gasteiger partial charge is 0.206 e. The van der Waals surface area contributed by atoms with Crippen molar-refractivity contribution in [3.05, 3.63) is 102 Å². The molecular formula is C25H13F4NS. The summed E-state index contributed by atoms with van der Waals surface area (Å²) >= 11 is 0.358. The third-order valence-electron chi connectivity index (χ3n) is 4.81. The van der Waals surface area contributed by atoms with Crippen molar-refractivity contribution in [2.45, 2.75) is 4.90 Å². The molecule has 0 unspecified atom stereocenters. The van der Waals surface area contributed by atoms with E-state index in [1.807, 2.05) is 30.3 Å². The highest BCUT2D eigenvalue weighted by molar-refractivity contribution is 8.03. The van der Waals surface area contributed by atoms with Gasteiger partial charge in [0.05, 0.1) is 4.90 Å². The van der Waals surface area contributed by atoms with Crippen molar-refractivity contribution in [2.24, 2.45) is 0 Å². The molecule has 4 aromatic rings. The molecule has 0 heterocycles. The molecule has 0 bridgehead atoms. The Labute approximate surface area is 180 Å². The van der Waals surface area contributed by atoms with E-state index < -0.39 is 28.2 Å². The highest BCUT2D eigenvalue weighted by atomic mass is 32.2. The van der Waals surface area contributed by atoms with Gasteiger partial charge in [-0.05, 0) is 58.3 Å². The van der Waals surface area contributed by atoms with Gasteiger partial charge in [-0.25, -0.2) is 17.6 Å². The fourth-order valence-corrected chi connectivity index (χ4v) is 3.74. The lowest BCUT2D eigenvalue weighted by Crippen LogP contribution is -1.93. The molecule has 0 spiro atoms. The van der Waals surface area contributed by atoms with E-state index in [2.05, 4.69) is 0 Å². The maximum Gasteiger partial charge on any atom is 0.141 e. The zero-order valence-corrected chi connectivity index (χ0v) is 16.7. The van der Waals surface area contributed by atoms with Crippen LogP contribution in [0.1, 0.15) is 0 Å². The van der Waals surface area contributed by atoms with E-state index in [-0.39, 0.29) is 16.7 Å². The number of thioether (sulfide) groups is 1. The molecule has 0 aliphatic heterocycles. The van der Waals surface area contributed by atoms with Crippen molar-refractivity contribution in [3.63, 3.8) is 0 Å². The number of halogens is 4. The van der Waals surface area contributed by atoms with E-state index in [4.69, 9.17) is 5.26 Å². The Morgan fingerprint density at radius 3 is 1.65 bits per heavy atom. The fraction of sp³-hybridized carbons (Fsp3) is 0. The first-order valence-electron chi connectivity index (χ1n) is 9.18. The second kappa shape index (κ2) is 8.66. The van der Waals surface area contributed by atoms with Crippen molar-refractivity contribution in [2.75, 3.05) is 0 Å². The Balaban J connectivity index is 1.69. The molecule has 152 valence electrons. The van der Waals surface area contributed by atoms with E-state index in [1.54, 1.807) is 17.5 Å². The first kappa shape index (κ1) is 20.7. The van der Waals surface area contributed by atoms with Crippen molar-refractivity contribution < 1.29 is 17.6 Å². The zero-order valence-electron chi connectivity index (χ0n) is 15.9. The summed E-state index contributed by atoms with van der Waals surface area (Å²) in [6.45, 7) is 0. The summed E-state index contributed by atoms with van der Waals surface area (Å²) in [6, 6.07) is 19.9. The van der Waals surface area contributed by atoms with Gasteiger partial charge >= 0.3 is 0 Å². The third kappa shape index (κ3) is 4.18. The van der Waals surface area contributed by atoms with Crippen molar-refractivity contribution in [1.29, 1.82) is 5.26 Å². The van der Waals surface area contributed by atoms with E-state index in [9.17, 15) is 17.6 Å². The molecule has 0 aliphatic rings. The molecule has 0 amide bonds. The Morgan fingerprint density at radius 1 is 0.548 bits per heavy atom. The molecule has 0 saturated heterocycles. The lowest BCUT2D eigenvalue weighted by molar-refractivity contribution is 0.541. The molecule has 0 aliphatic carbocycles. The third-order valence-corrected chi connectivity index (χ3v) is 5.50. The van der Waals surface area contributed by atoms with Crippen LogP contribution in [0.15, 0.2) is 83.8 Å². The Hall–Kier alpha value is -3.56. The smallest absolute Gasteiger partial charge is 0.141 e. The van der Waals surface area contributed by atoms with Gasteiger partial charge in [0.25, 0.3) is 0 Å². The SMILES string of the molecule is N#CSc1c(F)cc(-c2ccc(-c3ccc(-c4ccccc4)cc3F)cc2F)cc1F. The van der Waals surface area contributed by atoms with Gasteiger partial charge in [-0.2, -0.15) is 5.26 Å². The maximum absolute atomic E-state index is 14.8. The molecule has 4 rings (SSSR count). The van der Waals surface area contributed by atoms with E-state index in [1.165, 1.54) is 18.2 Å². The zero-order chi connectivity index (χ0) is 22.0. The molecule has 4 aromatic carbocycles. The van der Waals surface area contributed by atoms with Crippen LogP contribution in [0, 0.1) is 33.9 Å². The number of hydrogen-bond donors (Lipinski definition) is 0. The van der Waals surface area contributed by atoms with Crippen LogP contribution in [-0.4, -0.2) is 0 Å². The lowest BCUT2D eigenvalue weighted by atomic mass is 9.97. The van der Waals surface area contributed by atoms with Crippen LogP contribution < -0.4 is 0 Å². The normalized spacial score (nSPS) is 10.7. The summed E-state index contributed by atoms with van der Waals surface area (Å²) in [4.78, 5) is -0.441. The fourth-order valence-electron chi connectivity index (χ4n) is 3.33. The van der Waals surface area contributed by atoms with Gasteiger partial charge in [0.15, 0.2) is 0 Å². The number of thiocyanates is 1. The molecule has 0 radical (unpaired) electrons. The van der Waals surface area contributed by atoms with Crippen LogP contribution in [0.4, 0.5) is 17.6 Å². The van der Waals surface area contributed by atoms with Crippen molar-refractivity contribution in [3.8, 4) is 38.8 Å². The Bertz CT molecular complexity index is 1290. The monoisotopic (exact) mass is 435 g/mol. The summed E-state index contributed by atoms with van der Waals surface area (Å²) in [5.41, 5.74) is 2.02. The minimum atomic E-state index is -0.951. The van der Waals surface area contributed by atoms with Gasteiger partial charge in [0.1, 0.15) is 28.7 Å². The first-order chi connectivity index (χ1) is 15.0. The second-order valence-electron chi connectivity index (χ2n) is 6.72. The highest BCUT2D eigenvalue weighted by Gasteiger charge is 2.16. The molecular weight excluding hydrogens is 422 g/mol. The van der Waals surface area contributed by atoms with E-state index in [0.29, 0.717) is 22.9 Å². The van der Waals surface area contributed by atoms with Crippen molar-refractivity contribution >= 4 is 11.8 Å². The van der Waals surface area contributed by atoms with Gasteiger partial charge in [-0.1, -0.05) is 54.6 Å². The average Bonchev–Trinajstić information content (AvgIpc) is 2.76. The van der Waals surface area contributed by atoms with E-state index in [0.717, 1.165) is 23.8 Å². The quantitative estimate of drug-likeness (QED) is 0.185. The predicted molar refractivity (Wildman–Crippen MR) is 114 cm³/mol. The summed E-state index contributed by atoms with van der Waals surface area (Å²) < 4.78 is 57.7. The van der Waals surface area contributed by atoms with Crippen LogP contribution in [0.5, 0.6) is 0 Å². The number of rotatable bonds is 4. The van der Waals surface area contributed by atoms with Crippen LogP contribution in [0.25, 0.3) is 33.4 Å². The van der Waals surface area contributed by atoms with Gasteiger partial charge < -0.3 is 0 Å².